The molecule has 0 fully saturated rings. The summed E-state index contributed by atoms with van der Waals surface area (Å²) in [4.78, 5) is -0.00565. The van der Waals surface area contributed by atoms with E-state index in [4.69, 9.17) is 34.8 Å². The number of hydrogen-bond donors (Lipinski definition) is 2. The number of nitrogens with one attached hydrogen (secondary N) is 1. The average Bonchev–Trinajstić information content (AvgIpc) is 2.66. The molecule has 144 valence electrons. The highest BCUT2D eigenvalue weighted by molar-refractivity contribution is 7.90. The van der Waals surface area contributed by atoms with Crippen molar-refractivity contribution in [1.29, 1.82) is 0 Å². The maximum absolute atomic E-state index is 12.7. The van der Waals surface area contributed by atoms with Crippen molar-refractivity contribution in [2.75, 3.05) is 5.32 Å². The van der Waals surface area contributed by atoms with Crippen LogP contribution in [0.5, 0.6) is 5.75 Å². The maximum atomic E-state index is 12.7. The van der Waals surface area contributed by atoms with Crippen molar-refractivity contribution in [3.05, 3.63) is 87.4 Å². The number of phenols is 1. The van der Waals surface area contributed by atoms with Gasteiger partial charge in [0.25, 0.3) is 10.0 Å². The first-order chi connectivity index (χ1) is 13.3. The molecule has 0 aliphatic carbocycles. The topological polar surface area (TPSA) is 78.8 Å². The smallest absolute Gasteiger partial charge is 0.284 e. The molecule has 0 bridgehead atoms. The number of amidine groups is 1. The van der Waals surface area contributed by atoms with Gasteiger partial charge in [-0.25, -0.2) is 0 Å². The molecule has 0 saturated carbocycles. The summed E-state index contributed by atoms with van der Waals surface area (Å²) in [5.41, 5.74) is 0.891. The molecule has 3 aromatic rings. The lowest BCUT2D eigenvalue weighted by Crippen LogP contribution is -2.16. The molecule has 3 rings (SSSR count). The van der Waals surface area contributed by atoms with Crippen LogP contribution in [0.1, 0.15) is 5.56 Å². The van der Waals surface area contributed by atoms with Crippen LogP contribution in [0.3, 0.4) is 0 Å². The zero-order valence-corrected chi connectivity index (χ0v) is 17.2. The number of rotatable bonds is 4. The molecule has 2 N–H and O–H groups in total. The quantitative estimate of drug-likeness (QED) is 0.305. The third-order valence-corrected chi connectivity index (χ3v) is 5.77. The van der Waals surface area contributed by atoms with E-state index in [0.29, 0.717) is 16.3 Å². The van der Waals surface area contributed by atoms with Crippen LogP contribution < -0.4 is 5.32 Å². The van der Waals surface area contributed by atoms with Crippen LogP contribution in [0.2, 0.25) is 15.1 Å². The number of benzene rings is 3. The Morgan fingerprint density at radius 3 is 2.04 bits per heavy atom. The van der Waals surface area contributed by atoms with Crippen LogP contribution >= 0.6 is 34.8 Å². The molecule has 0 aromatic heterocycles. The lowest BCUT2D eigenvalue weighted by atomic mass is 10.2. The first-order valence-corrected chi connectivity index (χ1v) is 10.4. The van der Waals surface area contributed by atoms with Crippen LogP contribution in [-0.2, 0) is 10.0 Å². The number of sulfonamides is 1. The molecule has 0 aliphatic rings. The second kappa shape index (κ2) is 8.41. The summed E-state index contributed by atoms with van der Waals surface area (Å²) >= 11 is 17.7. The molecule has 0 spiro atoms. The molecule has 0 saturated heterocycles. The Balaban J connectivity index is 2.07. The molecule has 5 nitrogen and oxygen atoms in total. The van der Waals surface area contributed by atoms with E-state index in [2.05, 4.69) is 9.71 Å². The summed E-state index contributed by atoms with van der Waals surface area (Å²) in [6.07, 6.45) is 0. The van der Waals surface area contributed by atoms with Crippen molar-refractivity contribution < 1.29 is 13.5 Å². The Bertz CT molecular complexity index is 1110. The van der Waals surface area contributed by atoms with Crippen molar-refractivity contribution in [1.82, 2.24) is 0 Å². The molecule has 0 atom stereocenters. The van der Waals surface area contributed by atoms with Crippen molar-refractivity contribution in [3.63, 3.8) is 0 Å². The molecule has 0 heterocycles. The third kappa shape index (κ3) is 4.77. The minimum atomic E-state index is -4.02. The monoisotopic (exact) mass is 454 g/mol. The van der Waals surface area contributed by atoms with Crippen LogP contribution in [0.15, 0.2) is 76.0 Å². The lowest BCUT2D eigenvalue weighted by molar-refractivity contribution is 0.476. The van der Waals surface area contributed by atoms with Gasteiger partial charge in [0.15, 0.2) is 11.6 Å². The van der Waals surface area contributed by atoms with E-state index in [-0.39, 0.29) is 26.5 Å². The van der Waals surface area contributed by atoms with E-state index < -0.39 is 10.0 Å². The zero-order valence-electron chi connectivity index (χ0n) is 14.1. The minimum Gasteiger partial charge on any atom is -0.505 e. The Kier molecular flexibility index (Phi) is 6.15. The van der Waals surface area contributed by atoms with Crippen LogP contribution in [-0.4, -0.2) is 19.4 Å². The van der Waals surface area contributed by atoms with E-state index in [1.54, 1.807) is 30.3 Å². The average molecular weight is 456 g/mol. The Morgan fingerprint density at radius 2 is 1.46 bits per heavy atom. The van der Waals surface area contributed by atoms with Crippen LogP contribution in [0.25, 0.3) is 0 Å². The van der Waals surface area contributed by atoms with Crippen LogP contribution in [0.4, 0.5) is 5.69 Å². The predicted octanol–water partition coefficient (Wildman–Crippen LogP) is 5.60. The predicted molar refractivity (Wildman–Crippen MR) is 113 cm³/mol. The fourth-order valence-electron chi connectivity index (χ4n) is 2.30. The van der Waals surface area contributed by atoms with Gasteiger partial charge in [0.1, 0.15) is 0 Å². The first-order valence-electron chi connectivity index (χ1n) is 7.87. The molecular formula is C19H13Cl3N2O3S. The highest BCUT2D eigenvalue weighted by Gasteiger charge is 2.17. The molecule has 0 unspecified atom stereocenters. The van der Waals surface area contributed by atoms with Gasteiger partial charge in [-0.2, -0.15) is 8.42 Å². The summed E-state index contributed by atoms with van der Waals surface area (Å²) in [6.45, 7) is 0. The third-order valence-electron chi connectivity index (χ3n) is 3.65. The molecule has 9 heteroatoms. The number of halogens is 3. The first kappa shape index (κ1) is 20.5. The number of phenolic OH excluding ortho intramolecular Hbond substituents is 1. The highest BCUT2D eigenvalue weighted by atomic mass is 35.5. The van der Waals surface area contributed by atoms with E-state index in [1.165, 1.54) is 36.4 Å². The van der Waals surface area contributed by atoms with Gasteiger partial charge in [-0.15, -0.1) is 4.40 Å². The standard InChI is InChI=1S/C19H13Cl3N2O3S/c20-13-6-8-15(9-7-13)28(26,27)24-19(12-4-2-1-3-5-12)23-14-10-16(21)18(25)17(22)11-14/h1-11,25H,(H,23,24). The summed E-state index contributed by atoms with van der Waals surface area (Å²) in [5, 5.41) is 13.1. The number of anilines is 1. The molecule has 0 amide bonds. The summed E-state index contributed by atoms with van der Waals surface area (Å²) in [6, 6.07) is 17.2. The maximum Gasteiger partial charge on any atom is 0.284 e. The van der Waals surface area contributed by atoms with Crippen molar-refractivity contribution in [2.24, 2.45) is 4.40 Å². The molecule has 3 aromatic carbocycles. The van der Waals surface area contributed by atoms with E-state index in [9.17, 15) is 13.5 Å². The van der Waals surface area contributed by atoms with Gasteiger partial charge in [-0.05, 0) is 36.4 Å². The normalized spacial score (nSPS) is 12.0. The Morgan fingerprint density at radius 1 is 0.893 bits per heavy atom. The zero-order chi connectivity index (χ0) is 20.3. The van der Waals surface area contributed by atoms with E-state index >= 15 is 0 Å². The number of nitrogens with zero attached hydrogens (tertiary/aromatic N) is 1. The second-order valence-electron chi connectivity index (χ2n) is 5.65. The van der Waals surface area contributed by atoms with Gasteiger partial charge < -0.3 is 10.4 Å². The van der Waals surface area contributed by atoms with Gasteiger partial charge >= 0.3 is 0 Å². The van der Waals surface area contributed by atoms with E-state index in [0.717, 1.165) is 0 Å². The summed E-state index contributed by atoms with van der Waals surface area (Å²) in [7, 11) is -4.02. The van der Waals surface area contributed by atoms with Gasteiger partial charge in [0.2, 0.25) is 0 Å². The minimum absolute atomic E-state index is 0.00565. The largest absolute Gasteiger partial charge is 0.505 e. The van der Waals surface area contributed by atoms with Gasteiger partial charge in [0, 0.05) is 16.3 Å². The molecule has 0 radical (unpaired) electrons. The van der Waals surface area contributed by atoms with Gasteiger partial charge in [-0.1, -0.05) is 65.1 Å². The molecule has 0 aliphatic heterocycles. The molecule has 28 heavy (non-hydrogen) atoms. The Labute approximate surface area is 177 Å². The van der Waals surface area contributed by atoms with Crippen molar-refractivity contribution in [2.45, 2.75) is 4.90 Å². The van der Waals surface area contributed by atoms with Crippen molar-refractivity contribution in [3.8, 4) is 5.75 Å². The number of aromatic hydroxyl groups is 1. The van der Waals surface area contributed by atoms with Gasteiger partial charge in [0.05, 0.1) is 14.9 Å². The highest BCUT2D eigenvalue weighted by Crippen LogP contribution is 2.34. The van der Waals surface area contributed by atoms with Crippen LogP contribution in [0, 0.1) is 0 Å². The Hall–Kier alpha value is -2.25. The second-order valence-corrected chi connectivity index (χ2v) is 8.50. The number of hydrogen-bond acceptors (Lipinski definition) is 3. The lowest BCUT2D eigenvalue weighted by Gasteiger charge is -2.12. The van der Waals surface area contributed by atoms with E-state index in [1.807, 2.05) is 0 Å². The summed E-state index contributed by atoms with van der Waals surface area (Å²) < 4.78 is 29.4. The van der Waals surface area contributed by atoms with Crippen molar-refractivity contribution >= 4 is 56.3 Å². The van der Waals surface area contributed by atoms with Gasteiger partial charge in [-0.3, -0.25) is 0 Å². The summed E-state index contributed by atoms with van der Waals surface area (Å²) in [5.74, 6) is -0.200. The fraction of sp³-hybridized carbons (Fsp3) is 0. The SMILES string of the molecule is O=S(=O)(/N=C(/Nc1cc(Cl)c(O)c(Cl)c1)c1ccccc1)c1ccc(Cl)cc1. The fourth-order valence-corrected chi connectivity index (χ4v) is 3.89. The molecular weight excluding hydrogens is 443 g/mol.